The zero-order valence-electron chi connectivity index (χ0n) is 12.7. The summed E-state index contributed by atoms with van der Waals surface area (Å²) in [5.41, 5.74) is 2.90. The van der Waals surface area contributed by atoms with Crippen LogP contribution in [-0.2, 0) is 0 Å². The summed E-state index contributed by atoms with van der Waals surface area (Å²) in [5, 5.41) is 0.502. The summed E-state index contributed by atoms with van der Waals surface area (Å²) in [5.74, 6) is 1.21. The lowest BCUT2D eigenvalue weighted by Gasteiger charge is -2.09. The average molecular weight is 317 g/mol. The molecule has 0 saturated heterocycles. The summed E-state index contributed by atoms with van der Waals surface area (Å²) >= 11 is 1.34. The number of nitrogens with one attached hydrogen (secondary N) is 1. The maximum atomic E-state index is 12.0. The average Bonchev–Trinajstić information content (AvgIpc) is 2.91. The summed E-state index contributed by atoms with van der Waals surface area (Å²) in [6.45, 7) is 3.91. The minimum Gasteiger partial charge on any atom is -0.496 e. The van der Waals surface area contributed by atoms with Crippen molar-refractivity contribution in [3.05, 3.63) is 33.6 Å². The number of ether oxygens (including phenoxy) is 1. The van der Waals surface area contributed by atoms with E-state index in [2.05, 4.69) is 15.0 Å². The molecule has 3 aromatic rings. The van der Waals surface area contributed by atoms with Gasteiger partial charge in [-0.1, -0.05) is 11.8 Å². The Bertz CT molecular complexity index is 891. The number of methoxy groups -OCH3 is 1. The van der Waals surface area contributed by atoms with E-state index in [1.807, 2.05) is 32.2 Å². The predicted octanol–water partition coefficient (Wildman–Crippen LogP) is 2.93. The molecule has 22 heavy (non-hydrogen) atoms. The molecule has 0 atom stereocenters. The molecule has 7 heteroatoms. The number of aromatic amines is 1. The molecule has 2 heterocycles. The van der Waals surface area contributed by atoms with Gasteiger partial charge in [-0.2, -0.15) is 4.98 Å². The molecule has 6 nitrogen and oxygen atoms in total. The summed E-state index contributed by atoms with van der Waals surface area (Å²) in [6.07, 6.45) is 1.83. The van der Waals surface area contributed by atoms with Crippen molar-refractivity contribution >= 4 is 23.0 Å². The number of fused-ring (bicyclic) bond motifs is 1. The first kappa shape index (κ1) is 14.6. The summed E-state index contributed by atoms with van der Waals surface area (Å²) in [7, 11) is 1.64. The molecule has 0 radical (unpaired) electrons. The molecule has 0 spiro atoms. The molecule has 0 amide bonds. The van der Waals surface area contributed by atoms with Crippen LogP contribution in [0.4, 0.5) is 0 Å². The number of oxazole rings is 1. The molecule has 0 unspecified atom stereocenters. The SMILES string of the molecule is COc1c(C)cc(-c2nc3c(=O)[nH]c(SC)nc3o2)cc1C. The smallest absolute Gasteiger partial charge is 0.281 e. The second-order valence-electron chi connectivity index (χ2n) is 4.89. The normalized spacial score (nSPS) is 11.1. The van der Waals surface area contributed by atoms with Gasteiger partial charge in [-0.3, -0.25) is 9.78 Å². The van der Waals surface area contributed by atoms with Crippen molar-refractivity contribution in [3.63, 3.8) is 0 Å². The summed E-state index contributed by atoms with van der Waals surface area (Å²) in [4.78, 5) is 23.2. The fraction of sp³-hybridized carbons (Fsp3) is 0.267. The van der Waals surface area contributed by atoms with E-state index in [0.29, 0.717) is 11.0 Å². The van der Waals surface area contributed by atoms with E-state index in [0.717, 1.165) is 22.4 Å². The summed E-state index contributed by atoms with van der Waals surface area (Å²) in [6, 6.07) is 3.83. The van der Waals surface area contributed by atoms with Gasteiger partial charge in [0.05, 0.1) is 7.11 Å². The van der Waals surface area contributed by atoms with E-state index in [9.17, 15) is 4.79 Å². The highest BCUT2D eigenvalue weighted by Gasteiger charge is 2.15. The Kier molecular flexibility index (Phi) is 3.66. The van der Waals surface area contributed by atoms with Crippen molar-refractivity contribution in [2.75, 3.05) is 13.4 Å². The molecule has 114 valence electrons. The van der Waals surface area contributed by atoms with Crippen molar-refractivity contribution in [1.82, 2.24) is 15.0 Å². The molecule has 0 fully saturated rings. The van der Waals surface area contributed by atoms with Crippen LogP contribution < -0.4 is 10.3 Å². The van der Waals surface area contributed by atoms with Crippen LogP contribution in [0.1, 0.15) is 11.1 Å². The van der Waals surface area contributed by atoms with Crippen LogP contribution in [0.5, 0.6) is 5.75 Å². The lowest BCUT2D eigenvalue weighted by atomic mass is 10.1. The number of rotatable bonds is 3. The molecule has 3 rings (SSSR count). The Morgan fingerprint density at radius 2 is 1.91 bits per heavy atom. The van der Waals surface area contributed by atoms with Crippen molar-refractivity contribution in [2.24, 2.45) is 0 Å². The van der Waals surface area contributed by atoms with E-state index in [1.165, 1.54) is 11.8 Å². The molecule has 2 aromatic heterocycles. The van der Waals surface area contributed by atoms with Crippen LogP contribution >= 0.6 is 11.8 Å². The second-order valence-corrected chi connectivity index (χ2v) is 5.69. The lowest BCUT2D eigenvalue weighted by molar-refractivity contribution is 0.408. The Hall–Kier alpha value is -2.28. The van der Waals surface area contributed by atoms with Gasteiger partial charge >= 0.3 is 0 Å². The zero-order chi connectivity index (χ0) is 15.9. The highest BCUT2D eigenvalue weighted by molar-refractivity contribution is 7.98. The van der Waals surface area contributed by atoms with Crippen LogP contribution in [0.2, 0.25) is 0 Å². The number of thioether (sulfide) groups is 1. The minimum atomic E-state index is -0.300. The van der Waals surface area contributed by atoms with E-state index < -0.39 is 0 Å². The van der Waals surface area contributed by atoms with Gasteiger partial charge in [0.25, 0.3) is 11.3 Å². The minimum absolute atomic E-state index is 0.207. The third-order valence-electron chi connectivity index (χ3n) is 3.35. The lowest BCUT2D eigenvalue weighted by Crippen LogP contribution is -2.08. The quantitative estimate of drug-likeness (QED) is 0.591. The van der Waals surface area contributed by atoms with E-state index in [1.54, 1.807) is 7.11 Å². The number of nitrogens with zero attached hydrogens (tertiary/aromatic N) is 2. The van der Waals surface area contributed by atoms with Gasteiger partial charge in [0.15, 0.2) is 10.7 Å². The van der Waals surface area contributed by atoms with E-state index in [-0.39, 0.29) is 16.8 Å². The third-order valence-corrected chi connectivity index (χ3v) is 3.93. The maximum Gasteiger partial charge on any atom is 0.281 e. The van der Waals surface area contributed by atoms with Gasteiger partial charge in [-0.15, -0.1) is 0 Å². The number of benzene rings is 1. The monoisotopic (exact) mass is 317 g/mol. The van der Waals surface area contributed by atoms with E-state index >= 15 is 0 Å². The zero-order valence-corrected chi connectivity index (χ0v) is 13.5. The Morgan fingerprint density at radius 1 is 1.23 bits per heavy atom. The van der Waals surface area contributed by atoms with Crippen LogP contribution in [0.3, 0.4) is 0 Å². The molecule has 0 aliphatic carbocycles. The van der Waals surface area contributed by atoms with Crippen LogP contribution in [-0.4, -0.2) is 28.3 Å². The Labute approximate surface area is 130 Å². The topological polar surface area (TPSA) is 81.0 Å². The number of H-pyrrole nitrogens is 1. The second kappa shape index (κ2) is 5.49. The molecular formula is C15H15N3O3S. The number of aryl methyl sites for hydroxylation is 2. The van der Waals surface area contributed by atoms with Crippen LogP contribution in [0.25, 0.3) is 22.7 Å². The fourth-order valence-electron chi connectivity index (χ4n) is 2.43. The third kappa shape index (κ3) is 2.37. The van der Waals surface area contributed by atoms with Crippen LogP contribution in [0, 0.1) is 13.8 Å². The van der Waals surface area contributed by atoms with Gasteiger partial charge < -0.3 is 9.15 Å². The number of aromatic nitrogens is 3. The molecular weight excluding hydrogens is 302 g/mol. The highest BCUT2D eigenvalue weighted by Crippen LogP contribution is 2.30. The van der Waals surface area contributed by atoms with Gasteiger partial charge in [0.1, 0.15) is 5.75 Å². The van der Waals surface area contributed by atoms with Gasteiger partial charge in [-0.25, -0.2) is 4.98 Å². The fourth-order valence-corrected chi connectivity index (χ4v) is 2.80. The first-order valence-corrected chi connectivity index (χ1v) is 7.86. The molecule has 1 aromatic carbocycles. The first-order valence-electron chi connectivity index (χ1n) is 6.64. The number of hydrogen-bond donors (Lipinski definition) is 1. The van der Waals surface area contributed by atoms with Gasteiger partial charge in [-0.05, 0) is 43.4 Å². The van der Waals surface area contributed by atoms with Gasteiger partial charge in [0, 0.05) is 5.56 Å². The predicted molar refractivity (Wildman–Crippen MR) is 85.7 cm³/mol. The first-order chi connectivity index (χ1) is 10.5. The molecule has 0 saturated carbocycles. The Morgan fingerprint density at radius 3 is 2.50 bits per heavy atom. The molecule has 0 aliphatic heterocycles. The number of hydrogen-bond acceptors (Lipinski definition) is 6. The van der Waals surface area contributed by atoms with Crippen molar-refractivity contribution in [3.8, 4) is 17.2 Å². The van der Waals surface area contributed by atoms with Crippen LogP contribution in [0.15, 0.2) is 26.5 Å². The highest BCUT2D eigenvalue weighted by atomic mass is 32.2. The molecule has 0 bridgehead atoms. The van der Waals surface area contributed by atoms with E-state index in [4.69, 9.17) is 9.15 Å². The summed E-state index contributed by atoms with van der Waals surface area (Å²) < 4.78 is 11.0. The van der Waals surface area contributed by atoms with Crippen molar-refractivity contribution < 1.29 is 9.15 Å². The maximum absolute atomic E-state index is 12.0. The van der Waals surface area contributed by atoms with Gasteiger partial charge in [0.2, 0.25) is 5.89 Å². The largest absolute Gasteiger partial charge is 0.496 e. The van der Waals surface area contributed by atoms with Crippen molar-refractivity contribution in [2.45, 2.75) is 19.0 Å². The Balaban J connectivity index is 2.19. The molecule has 1 N–H and O–H groups in total. The molecule has 0 aliphatic rings. The van der Waals surface area contributed by atoms with Crippen molar-refractivity contribution in [1.29, 1.82) is 0 Å². The standard InChI is InChI=1S/C15H15N3O3S/c1-7-5-9(6-8(2)11(7)20-3)13-16-10-12(19)17-15(22-4)18-14(10)21-13/h5-6H,1-4H3,(H,17,18,19).